The van der Waals surface area contributed by atoms with Crippen molar-refractivity contribution in [2.45, 2.75) is 53.0 Å². The summed E-state index contributed by atoms with van der Waals surface area (Å²) in [7, 11) is 0. The summed E-state index contributed by atoms with van der Waals surface area (Å²) in [6.45, 7) is 10.4. The fourth-order valence-corrected chi connectivity index (χ4v) is 4.32. The number of fused-ring (bicyclic) bond motifs is 1. The summed E-state index contributed by atoms with van der Waals surface area (Å²) >= 11 is 0. The molecule has 28 heavy (non-hydrogen) atoms. The molecule has 1 saturated heterocycles. The highest BCUT2D eigenvalue weighted by Gasteiger charge is 2.36. The molecule has 2 aromatic rings. The average Bonchev–Trinajstić information content (AvgIpc) is 3.46. The summed E-state index contributed by atoms with van der Waals surface area (Å²) in [4.78, 5) is 33.4. The Labute approximate surface area is 167 Å². The summed E-state index contributed by atoms with van der Waals surface area (Å²) < 4.78 is 0. The molecule has 2 amide bonds. The highest BCUT2D eigenvalue weighted by Crippen LogP contribution is 2.32. The van der Waals surface area contributed by atoms with Gasteiger partial charge in [0.05, 0.1) is 6.04 Å². The van der Waals surface area contributed by atoms with Gasteiger partial charge in [-0.3, -0.25) is 9.59 Å². The van der Waals surface area contributed by atoms with Crippen molar-refractivity contribution >= 4 is 22.7 Å². The third-order valence-corrected chi connectivity index (χ3v) is 6.49. The van der Waals surface area contributed by atoms with Gasteiger partial charge >= 0.3 is 0 Å². The number of benzene rings is 1. The Bertz CT molecular complexity index is 910. The fraction of sp³-hybridized carbons (Fsp3) is 0.565. The number of hydrogen-bond donors (Lipinski definition) is 1. The van der Waals surface area contributed by atoms with Gasteiger partial charge in [0.15, 0.2) is 0 Å². The number of H-pyrrole nitrogens is 1. The molecule has 5 heteroatoms. The van der Waals surface area contributed by atoms with E-state index in [1.807, 2.05) is 23.1 Å². The Morgan fingerprint density at radius 1 is 1.25 bits per heavy atom. The topological polar surface area (TPSA) is 56.4 Å². The molecular weight excluding hydrogens is 350 g/mol. The predicted octanol–water partition coefficient (Wildman–Crippen LogP) is 3.89. The van der Waals surface area contributed by atoms with E-state index in [0.29, 0.717) is 36.9 Å². The molecule has 2 aliphatic rings. The molecule has 0 bridgehead atoms. The molecular formula is C23H31N3O2. The Morgan fingerprint density at radius 2 is 2.00 bits per heavy atom. The standard InChI is InChI=1S/C23H31N3O2/c1-14(2)21-13-25(10-9-22(27)26(21)12-17-5-6-17)23(28)18-7-8-20-19(11-18)15(3)16(4)24-20/h7-8,11,14,17,21,24H,5-6,9-10,12-13H2,1-4H3/t21-/m0/s1. The molecule has 0 spiro atoms. The number of nitrogens with one attached hydrogen (secondary N) is 1. The maximum absolute atomic E-state index is 13.3. The van der Waals surface area contributed by atoms with E-state index in [1.54, 1.807) is 0 Å². The smallest absolute Gasteiger partial charge is 0.253 e. The second-order valence-corrected chi connectivity index (χ2v) is 8.94. The summed E-state index contributed by atoms with van der Waals surface area (Å²) in [5.74, 6) is 1.23. The molecule has 150 valence electrons. The van der Waals surface area contributed by atoms with Gasteiger partial charge in [0.2, 0.25) is 5.91 Å². The number of hydrogen-bond acceptors (Lipinski definition) is 2. The molecule has 1 aromatic carbocycles. The SMILES string of the molecule is Cc1[nH]c2ccc(C(=O)N3CCC(=O)N(CC4CC4)[C@H](C(C)C)C3)cc2c1C. The summed E-state index contributed by atoms with van der Waals surface area (Å²) in [5, 5.41) is 1.10. The van der Waals surface area contributed by atoms with Gasteiger partial charge in [-0.2, -0.15) is 0 Å². The van der Waals surface area contributed by atoms with Crippen LogP contribution in [0.15, 0.2) is 18.2 Å². The largest absolute Gasteiger partial charge is 0.358 e. The molecule has 2 heterocycles. The minimum absolute atomic E-state index is 0.0341. The van der Waals surface area contributed by atoms with Crippen LogP contribution in [0, 0.1) is 25.7 Å². The van der Waals surface area contributed by atoms with Gasteiger partial charge in [-0.05, 0) is 62.3 Å². The lowest BCUT2D eigenvalue weighted by Gasteiger charge is -2.34. The maximum Gasteiger partial charge on any atom is 0.253 e. The zero-order valence-electron chi connectivity index (χ0n) is 17.4. The molecule has 1 aromatic heterocycles. The van der Waals surface area contributed by atoms with Crippen LogP contribution >= 0.6 is 0 Å². The monoisotopic (exact) mass is 381 g/mol. The van der Waals surface area contributed by atoms with E-state index >= 15 is 0 Å². The number of amides is 2. The lowest BCUT2D eigenvalue weighted by molar-refractivity contribution is -0.133. The lowest BCUT2D eigenvalue weighted by Crippen LogP contribution is -2.48. The maximum atomic E-state index is 13.3. The van der Waals surface area contributed by atoms with Crippen LogP contribution in [-0.2, 0) is 4.79 Å². The van der Waals surface area contributed by atoms with Crippen molar-refractivity contribution in [1.29, 1.82) is 0 Å². The molecule has 0 radical (unpaired) electrons. The minimum Gasteiger partial charge on any atom is -0.358 e. The van der Waals surface area contributed by atoms with E-state index in [2.05, 4.69) is 37.6 Å². The minimum atomic E-state index is 0.0341. The van der Waals surface area contributed by atoms with E-state index < -0.39 is 0 Å². The first-order valence-electron chi connectivity index (χ1n) is 10.5. The van der Waals surface area contributed by atoms with E-state index in [4.69, 9.17) is 0 Å². The first-order valence-corrected chi connectivity index (χ1v) is 10.5. The first kappa shape index (κ1) is 19.0. The van der Waals surface area contributed by atoms with Crippen LogP contribution in [-0.4, -0.2) is 52.3 Å². The van der Waals surface area contributed by atoms with E-state index in [9.17, 15) is 9.59 Å². The molecule has 5 nitrogen and oxygen atoms in total. The highest BCUT2D eigenvalue weighted by atomic mass is 16.2. The Kier molecular flexibility index (Phi) is 4.94. The Balaban J connectivity index is 1.59. The number of nitrogens with zero attached hydrogens (tertiary/aromatic N) is 2. The number of aromatic amines is 1. The van der Waals surface area contributed by atoms with Gasteiger partial charge < -0.3 is 14.8 Å². The van der Waals surface area contributed by atoms with Crippen LogP contribution in [0.4, 0.5) is 0 Å². The van der Waals surface area contributed by atoms with Crippen LogP contribution in [0.1, 0.15) is 54.7 Å². The van der Waals surface area contributed by atoms with Crippen molar-refractivity contribution in [3.8, 4) is 0 Å². The zero-order chi connectivity index (χ0) is 20.0. The predicted molar refractivity (Wildman–Crippen MR) is 111 cm³/mol. The third-order valence-electron chi connectivity index (χ3n) is 6.49. The van der Waals surface area contributed by atoms with Crippen LogP contribution in [0.5, 0.6) is 0 Å². The van der Waals surface area contributed by atoms with Crippen LogP contribution in [0.25, 0.3) is 10.9 Å². The quantitative estimate of drug-likeness (QED) is 0.873. The fourth-order valence-electron chi connectivity index (χ4n) is 4.32. The normalized spacial score (nSPS) is 20.9. The average molecular weight is 382 g/mol. The molecule has 1 N–H and O–H groups in total. The molecule has 0 unspecified atom stereocenters. The molecule has 1 aliphatic heterocycles. The highest BCUT2D eigenvalue weighted by molar-refractivity contribution is 5.99. The van der Waals surface area contributed by atoms with Crippen molar-refractivity contribution in [2.75, 3.05) is 19.6 Å². The molecule has 2 fully saturated rings. The Hall–Kier alpha value is -2.30. The van der Waals surface area contributed by atoms with E-state index in [0.717, 1.165) is 23.1 Å². The van der Waals surface area contributed by atoms with Crippen molar-refractivity contribution in [1.82, 2.24) is 14.8 Å². The number of rotatable bonds is 4. The van der Waals surface area contributed by atoms with E-state index in [1.165, 1.54) is 18.4 Å². The van der Waals surface area contributed by atoms with Crippen LogP contribution in [0.3, 0.4) is 0 Å². The second kappa shape index (κ2) is 7.26. The van der Waals surface area contributed by atoms with Gasteiger partial charge in [0.25, 0.3) is 5.91 Å². The van der Waals surface area contributed by atoms with Crippen LogP contribution < -0.4 is 0 Å². The van der Waals surface area contributed by atoms with Gasteiger partial charge in [-0.1, -0.05) is 13.8 Å². The van der Waals surface area contributed by atoms with Gasteiger partial charge in [0, 0.05) is 48.2 Å². The lowest BCUT2D eigenvalue weighted by atomic mass is 10.0. The number of carbonyl (C=O) groups excluding carboxylic acids is 2. The zero-order valence-corrected chi connectivity index (χ0v) is 17.4. The van der Waals surface area contributed by atoms with Crippen molar-refractivity contribution < 1.29 is 9.59 Å². The number of aryl methyl sites for hydroxylation is 2. The van der Waals surface area contributed by atoms with Crippen LogP contribution in [0.2, 0.25) is 0 Å². The van der Waals surface area contributed by atoms with Gasteiger partial charge in [-0.15, -0.1) is 0 Å². The number of aromatic nitrogens is 1. The summed E-state index contributed by atoms with van der Waals surface area (Å²) in [6, 6.07) is 5.99. The number of carbonyl (C=O) groups is 2. The van der Waals surface area contributed by atoms with Gasteiger partial charge in [0.1, 0.15) is 0 Å². The summed E-state index contributed by atoms with van der Waals surface area (Å²) in [5.41, 5.74) is 4.09. The van der Waals surface area contributed by atoms with E-state index in [-0.39, 0.29) is 17.9 Å². The Morgan fingerprint density at radius 3 is 2.68 bits per heavy atom. The third kappa shape index (κ3) is 3.54. The van der Waals surface area contributed by atoms with Crippen molar-refractivity contribution in [3.05, 3.63) is 35.0 Å². The molecule has 1 saturated carbocycles. The first-order chi connectivity index (χ1) is 13.3. The van der Waals surface area contributed by atoms with Crippen molar-refractivity contribution in [2.24, 2.45) is 11.8 Å². The molecule has 1 atom stereocenters. The molecule has 4 rings (SSSR count). The van der Waals surface area contributed by atoms with Crippen molar-refractivity contribution in [3.63, 3.8) is 0 Å². The second-order valence-electron chi connectivity index (χ2n) is 8.94. The summed E-state index contributed by atoms with van der Waals surface area (Å²) in [6.07, 6.45) is 2.88. The van der Waals surface area contributed by atoms with Gasteiger partial charge in [-0.25, -0.2) is 0 Å². The molecule has 1 aliphatic carbocycles.